The standard InChI is InChI=1S/C16H18BrNO2/c1-20-15-8-3-2-7-13(15)14(10-18)16(19)11-5-4-6-12(17)9-11/h2-9,14,16,19H,10,18H2,1H3. The summed E-state index contributed by atoms with van der Waals surface area (Å²) in [6.45, 7) is 0.341. The fourth-order valence-electron chi connectivity index (χ4n) is 2.32. The highest BCUT2D eigenvalue weighted by Crippen LogP contribution is 2.35. The molecule has 2 aromatic rings. The van der Waals surface area contributed by atoms with E-state index in [-0.39, 0.29) is 5.92 Å². The van der Waals surface area contributed by atoms with Crippen molar-refractivity contribution in [1.29, 1.82) is 0 Å². The highest BCUT2D eigenvalue weighted by Gasteiger charge is 2.24. The average Bonchev–Trinajstić information content (AvgIpc) is 2.48. The van der Waals surface area contributed by atoms with E-state index in [0.29, 0.717) is 6.54 Å². The third kappa shape index (κ3) is 3.20. The third-order valence-electron chi connectivity index (χ3n) is 3.36. The number of hydrogen-bond donors (Lipinski definition) is 2. The smallest absolute Gasteiger partial charge is 0.122 e. The van der Waals surface area contributed by atoms with Gasteiger partial charge >= 0.3 is 0 Å². The number of aliphatic hydroxyl groups is 1. The molecule has 0 aliphatic carbocycles. The second-order valence-electron chi connectivity index (χ2n) is 4.58. The molecule has 0 spiro atoms. The van der Waals surface area contributed by atoms with Crippen molar-refractivity contribution in [2.45, 2.75) is 12.0 Å². The average molecular weight is 336 g/mol. The lowest BCUT2D eigenvalue weighted by Crippen LogP contribution is -2.20. The number of ether oxygens (including phenoxy) is 1. The molecule has 0 aliphatic heterocycles. The summed E-state index contributed by atoms with van der Waals surface area (Å²) in [6, 6.07) is 15.3. The van der Waals surface area contributed by atoms with Crippen LogP contribution in [0.15, 0.2) is 53.0 Å². The van der Waals surface area contributed by atoms with E-state index in [2.05, 4.69) is 15.9 Å². The summed E-state index contributed by atoms with van der Waals surface area (Å²) >= 11 is 3.42. The monoisotopic (exact) mass is 335 g/mol. The first-order valence-corrected chi connectivity index (χ1v) is 7.23. The van der Waals surface area contributed by atoms with Crippen molar-refractivity contribution in [3.05, 3.63) is 64.1 Å². The van der Waals surface area contributed by atoms with Gasteiger partial charge in [-0.3, -0.25) is 0 Å². The molecule has 0 heterocycles. The Morgan fingerprint density at radius 1 is 1.20 bits per heavy atom. The molecule has 3 N–H and O–H groups in total. The number of halogens is 1. The Bertz CT molecular complexity index is 574. The van der Waals surface area contributed by atoms with E-state index in [1.807, 2.05) is 48.5 Å². The van der Waals surface area contributed by atoms with Crippen molar-refractivity contribution < 1.29 is 9.84 Å². The van der Waals surface area contributed by atoms with Gasteiger partial charge in [0, 0.05) is 22.5 Å². The largest absolute Gasteiger partial charge is 0.496 e. The van der Waals surface area contributed by atoms with Crippen molar-refractivity contribution >= 4 is 15.9 Å². The Balaban J connectivity index is 2.36. The summed E-state index contributed by atoms with van der Waals surface area (Å²) in [5.41, 5.74) is 7.63. The van der Waals surface area contributed by atoms with E-state index in [9.17, 15) is 5.11 Å². The fraction of sp³-hybridized carbons (Fsp3) is 0.250. The minimum atomic E-state index is -0.672. The van der Waals surface area contributed by atoms with E-state index >= 15 is 0 Å². The Morgan fingerprint density at radius 2 is 1.95 bits per heavy atom. The Labute approximate surface area is 127 Å². The lowest BCUT2D eigenvalue weighted by Gasteiger charge is -2.24. The van der Waals surface area contributed by atoms with Crippen molar-refractivity contribution in [3.8, 4) is 5.75 Å². The first-order valence-electron chi connectivity index (χ1n) is 6.44. The van der Waals surface area contributed by atoms with Gasteiger partial charge in [0.2, 0.25) is 0 Å². The summed E-state index contributed by atoms with van der Waals surface area (Å²) in [4.78, 5) is 0. The van der Waals surface area contributed by atoms with Gasteiger partial charge in [0.1, 0.15) is 5.75 Å². The fourth-order valence-corrected chi connectivity index (χ4v) is 2.74. The number of methoxy groups -OCH3 is 1. The van der Waals surface area contributed by atoms with Crippen molar-refractivity contribution in [2.24, 2.45) is 5.73 Å². The van der Waals surface area contributed by atoms with E-state index in [1.54, 1.807) is 7.11 Å². The summed E-state index contributed by atoms with van der Waals surface area (Å²) < 4.78 is 6.30. The molecule has 3 nitrogen and oxygen atoms in total. The highest BCUT2D eigenvalue weighted by atomic mass is 79.9. The number of benzene rings is 2. The molecule has 2 atom stereocenters. The molecule has 0 aromatic heterocycles. The maximum atomic E-state index is 10.6. The zero-order valence-corrected chi connectivity index (χ0v) is 12.9. The first kappa shape index (κ1) is 15.0. The van der Waals surface area contributed by atoms with Crippen molar-refractivity contribution in [2.75, 3.05) is 13.7 Å². The maximum Gasteiger partial charge on any atom is 0.122 e. The van der Waals surface area contributed by atoms with E-state index in [1.165, 1.54) is 0 Å². The molecule has 0 saturated carbocycles. The van der Waals surface area contributed by atoms with E-state index in [0.717, 1.165) is 21.3 Å². The molecule has 2 unspecified atom stereocenters. The molecule has 0 fully saturated rings. The van der Waals surface area contributed by atoms with Crippen LogP contribution in [0.25, 0.3) is 0 Å². The quantitative estimate of drug-likeness (QED) is 0.881. The minimum absolute atomic E-state index is 0.208. The molecule has 0 radical (unpaired) electrons. The van der Waals surface area contributed by atoms with Gasteiger partial charge in [0.05, 0.1) is 13.2 Å². The van der Waals surface area contributed by atoms with Crippen LogP contribution in [-0.2, 0) is 0 Å². The summed E-state index contributed by atoms with van der Waals surface area (Å²) in [5, 5.41) is 10.6. The number of nitrogens with two attached hydrogens (primary N) is 1. The molecule has 4 heteroatoms. The van der Waals surface area contributed by atoms with Crippen molar-refractivity contribution in [3.63, 3.8) is 0 Å². The van der Waals surface area contributed by atoms with Crippen LogP contribution < -0.4 is 10.5 Å². The number of para-hydroxylation sites is 1. The van der Waals surface area contributed by atoms with Gasteiger partial charge in [-0.1, -0.05) is 46.3 Å². The molecule has 0 saturated heterocycles. The van der Waals surface area contributed by atoms with Crippen LogP contribution in [0.4, 0.5) is 0 Å². The van der Waals surface area contributed by atoms with Gasteiger partial charge in [0.25, 0.3) is 0 Å². The van der Waals surface area contributed by atoms with Gasteiger partial charge in [0.15, 0.2) is 0 Å². The lowest BCUT2D eigenvalue weighted by atomic mass is 9.88. The molecule has 0 amide bonds. The topological polar surface area (TPSA) is 55.5 Å². The Hall–Kier alpha value is -1.36. The molecular formula is C16H18BrNO2. The van der Waals surface area contributed by atoms with Crippen LogP contribution in [-0.4, -0.2) is 18.8 Å². The lowest BCUT2D eigenvalue weighted by molar-refractivity contribution is 0.146. The Morgan fingerprint density at radius 3 is 2.60 bits per heavy atom. The summed E-state index contributed by atoms with van der Waals surface area (Å²) in [7, 11) is 1.62. The van der Waals surface area contributed by atoms with Crippen LogP contribution in [0.3, 0.4) is 0 Å². The highest BCUT2D eigenvalue weighted by molar-refractivity contribution is 9.10. The normalized spacial score (nSPS) is 13.8. The zero-order valence-electron chi connectivity index (χ0n) is 11.3. The zero-order chi connectivity index (χ0) is 14.5. The maximum absolute atomic E-state index is 10.6. The Kier molecular flexibility index (Phi) is 5.17. The molecule has 20 heavy (non-hydrogen) atoms. The number of hydrogen-bond acceptors (Lipinski definition) is 3. The number of aliphatic hydroxyl groups excluding tert-OH is 1. The van der Waals surface area contributed by atoms with E-state index in [4.69, 9.17) is 10.5 Å². The molecule has 2 rings (SSSR count). The van der Waals surface area contributed by atoms with Gasteiger partial charge in [-0.2, -0.15) is 0 Å². The van der Waals surface area contributed by atoms with Crippen LogP contribution >= 0.6 is 15.9 Å². The summed E-state index contributed by atoms with van der Waals surface area (Å²) in [5.74, 6) is 0.539. The van der Waals surface area contributed by atoms with Gasteiger partial charge in [-0.05, 0) is 23.8 Å². The molecule has 106 valence electrons. The SMILES string of the molecule is COc1ccccc1C(CN)C(O)c1cccc(Br)c1. The molecule has 0 bridgehead atoms. The molecule has 2 aromatic carbocycles. The second kappa shape index (κ2) is 6.88. The van der Waals surface area contributed by atoms with Crippen LogP contribution in [0.1, 0.15) is 23.1 Å². The van der Waals surface area contributed by atoms with Gasteiger partial charge in [-0.15, -0.1) is 0 Å². The van der Waals surface area contributed by atoms with Crippen LogP contribution in [0, 0.1) is 0 Å². The first-order chi connectivity index (χ1) is 9.67. The minimum Gasteiger partial charge on any atom is -0.496 e. The number of rotatable bonds is 5. The van der Waals surface area contributed by atoms with Crippen LogP contribution in [0.2, 0.25) is 0 Å². The molecular weight excluding hydrogens is 318 g/mol. The van der Waals surface area contributed by atoms with Gasteiger partial charge < -0.3 is 15.6 Å². The predicted octanol–water partition coefficient (Wildman–Crippen LogP) is 3.23. The van der Waals surface area contributed by atoms with Gasteiger partial charge in [-0.25, -0.2) is 0 Å². The van der Waals surface area contributed by atoms with Crippen LogP contribution in [0.5, 0.6) is 5.75 Å². The molecule has 0 aliphatic rings. The summed E-state index contributed by atoms with van der Waals surface area (Å²) in [6.07, 6.45) is -0.672. The predicted molar refractivity (Wildman–Crippen MR) is 83.9 cm³/mol. The van der Waals surface area contributed by atoms with Crippen molar-refractivity contribution in [1.82, 2.24) is 0 Å². The van der Waals surface area contributed by atoms with E-state index < -0.39 is 6.10 Å². The third-order valence-corrected chi connectivity index (χ3v) is 3.86. The second-order valence-corrected chi connectivity index (χ2v) is 5.50.